The Kier molecular flexibility index (Phi) is 7.10. The van der Waals surface area contributed by atoms with Crippen LogP contribution < -0.4 is 9.46 Å². The molecule has 0 aliphatic carbocycles. The average molecular weight is 398 g/mol. The van der Waals surface area contributed by atoms with Gasteiger partial charge < -0.3 is 9.84 Å². The predicted octanol–water partition coefficient (Wildman–Crippen LogP) is 0.646. The quantitative estimate of drug-likeness (QED) is 0.670. The molecule has 2 fully saturated rings. The maximum absolute atomic E-state index is 11.4. The van der Waals surface area contributed by atoms with Gasteiger partial charge in [0, 0.05) is 26.2 Å². The first kappa shape index (κ1) is 20.5. The third-order valence-electron chi connectivity index (χ3n) is 5.16. The van der Waals surface area contributed by atoms with Gasteiger partial charge in [-0.15, -0.1) is 0 Å². The second kappa shape index (κ2) is 9.34. The molecule has 3 rings (SSSR count). The highest BCUT2D eigenvalue weighted by molar-refractivity contribution is 7.88. The normalized spacial score (nSPS) is 25.0. The predicted molar refractivity (Wildman–Crippen MR) is 105 cm³/mol. The fourth-order valence-corrected chi connectivity index (χ4v) is 4.64. The van der Waals surface area contributed by atoms with Gasteiger partial charge in [0.05, 0.1) is 18.4 Å². The number of aliphatic hydroxyl groups is 1. The summed E-state index contributed by atoms with van der Waals surface area (Å²) in [5.74, 6) is 0.857. The summed E-state index contributed by atoms with van der Waals surface area (Å²) >= 11 is 0. The molecule has 2 atom stereocenters. The van der Waals surface area contributed by atoms with Crippen molar-refractivity contribution in [2.45, 2.75) is 38.0 Å². The van der Waals surface area contributed by atoms with Gasteiger partial charge in [-0.2, -0.15) is 0 Å². The number of hydrogen-bond acceptors (Lipinski definition) is 6. The van der Waals surface area contributed by atoms with E-state index < -0.39 is 22.2 Å². The number of rotatable bonds is 8. The van der Waals surface area contributed by atoms with Gasteiger partial charge in [-0.25, -0.2) is 13.1 Å². The fourth-order valence-electron chi connectivity index (χ4n) is 3.85. The molecule has 1 aromatic carbocycles. The van der Waals surface area contributed by atoms with E-state index in [4.69, 9.17) is 4.74 Å². The summed E-state index contributed by atoms with van der Waals surface area (Å²) < 4.78 is 31.2. The number of aliphatic hydroxyl groups excluding tert-OH is 1. The lowest BCUT2D eigenvalue weighted by atomic mass is 10.1. The first-order valence-corrected chi connectivity index (χ1v) is 11.6. The van der Waals surface area contributed by atoms with E-state index in [1.807, 2.05) is 24.3 Å². The maximum atomic E-state index is 11.4. The summed E-state index contributed by atoms with van der Waals surface area (Å²) in [4.78, 5) is 4.51. The molecular formula is C19H31N3O4S. The molecule has 2 N–H and O–H groups in total. The topological polar surface area (TPSA) is 82.1 Å². The van der Waals surface area contributed by atoms with Crippen molar-refractivity contribution >= 4 is 10.0 Å². The lowest BCUT2D eigenvalue weighted by Crippen LogP contribution is -2.42. The van der Waals surface area contributed by atoms with Crippen LogP contribution in [-0.2, 0) is 16.6 Å². The molecule has 0 saturated carbocycles. The van der Waals surface area contributed by atoms with Crippen molar-refractivity contribution in [1.29, 1.82) is 0 Å². The fraction of sp³-hybridized carbons (Fsp3) is 0.684. The van der Waals surface area contributed by atoms with Crippen molar-refractivity contribution in [3.05, 3.63) is 29.8 Å². The minimum absolute atomic E-state index is 0.452. The highest BCUT2D eigenvalue weighted by Crippen LogP contribution is 2.19. The number of nitrogens with zero attached hydrogens (tertiary/aromatic N) is 2. The molecule has 2 heterocycles. The summed E-state index contributed by atoms with van der Waals surface area (Å²) in [6.07, 6.45) is 4.33. The number of piperidine rings is 1. The molecule has 0 radical (unpaired) electrons. The highest BCUT2D eigenvalue weighted by atomic mass is 32.2. The molecule has 8 heteroatoms. The van der Waals surface area contributed by atoms with E-state index in [9.17, 15) is 13.5 Å². The number of benzene rings is 1. The van der Waals surface area contributed by atoms with Crippen molar-refractivity contribution in [2.24, 2.45) is 0 Å². The Morgan fingerprint density at radius 1 is 1.19 bits per heavy atom. The zero-order chi connectivity index (χ0) is 19.3. The van der Waals surface area contributed by atoms with Gasteiger partial charge in [-0.05, 0) is 43.6 Å². The minimum atomic E-state index is -3.32. The van der Waals surface area contributed by atoms with Crippen LogP contribution in [0.15, 0.2) is 24.3 Å². The van der Waals surface area contributed by atoms with Gasteiger partial charge in [-0.3, -0.25) is 9.80 Å². The van der Waals surface area contributed by atoms with Crippen molar-refractivity contribution in [3.63, 3.8) is 0 Å². The zero-order valence-electron chi connectivity index (χ0n) is 16.0. The Hall–Kier alpha value is -1.19. The third-order valence-corrected chi connectivity index (χ3v) is 5.89. The molecule has 2 aliphatic rings. The average Bonchev–Trinajstić information content (AvgIpc) is 2.93. The van der Waals surface area contributed by atoms with Crippen LogP contribution in [0.4, 0.5) is 0 Å². The van der Waals surface area contributed by atoms with E-state index in [0.29, 0.717) is 26.2 Å². The molecule has 0 bridgehead atoms. The summed E-state index contributed by atoms with van der Waals surface area (Å²) in [6.45, 7) is 5.59. The first-order chi connectivity index (χ1) is 12.9. The molecule has 0 aromatic heterocycles. The van der Waals surface area contributed by atoms with Crippen molar-refractivity contribution in [1.82, 2.24) is 14.5 Å². The Balaban J connectivity index is 1.47. The molecule has 2 aliphatic heterocycles. The van der Waals surface area contributed by atoms with Crippen LogP contribution in [0.5, 0.6) is 5.75 Å². The van der Waals surface area contributed by atoms with Crippen LogP contribution in [0, 0.1) is 0 Å². The van der Waals surface area contributed by atoms with E-state index in [-0.39, 0.29) is 0 Å². The number of sulfonamides is 1. The van der Waals surface area contributed by atoms with Crippen LogP contribution in [0.2, 0.25) is 0 Å². The highest BCUT2D eigenvalue weighted by Gasteiger charge is 2.33. The number of hydrogen-bond donors (Lipinski definition) is 2. The van der Waals surface area contributed by atoms with Crippen molar-refractivity contribution in [2.75, 3.05) is 45.6 Å². The second-order valence-corrected chi connectivity index (χ2v) is 9.44. The van der Waals surface area contributed by atoms with Crippen molar-refractivity contribution < 1.29 is 18.3 Å². The maximum Gasteiger partial charge on any atom is 0.209 e. The summed E-state index contributed by atoms with van der Waals surface area (Å²) in [6, 6.07) is 7.54. The number of nitrogens with one attached hydrogen (secondary N) is 1. The minimum Gasteiger partial charge on any atom is -0.492 e. The number of β-amino-alcohol motifs (C(OH)–C–C–N with tert-alkyl or cyclic N) is 1. The Morgan fingerprint density at radius 3 is 2.70 bits per heavy atom. The van der Waals surface area contributed by atoms with E-state index >= 15 is 0 Å². The van der Waals surface area contributed by atoms with Gasteiger partial charge in [0.2, 0.25) is 10.0 Å². The Morgan fingerprint density at radius 2 is 1.96 bits per heavy atom. The van der Waals surface area contributed by atoms with Gasteiger partial charge in [0.25, 0.3) is 0 Å². The molecule has 2 saturated heterocycles. The summed E-state index contributed by atoms with van der Waals surface area (Å²) in [5, 5.41) is 10.1. The van der Waals surface area contributed by atoms with Gasteiger partial charge in [0.15, 0.2) is 0 Å². The lowest BCUT2D eigenvalue weighted by molar-refractivity contribution is 0.160. The number of likely N-dealkylation sites (tertiary alicyclic amines) is 2. The van der Waals surface area contributed by atoms with Crippen LogP contribution in [0.3, 0.4) is 0 Å². The third kappa shape index (κ3) is 6.73. The summed E-state index contributed by atoms with van der Waals surface area (Å²) in [5.41, 5.74) is 1.10. The van der Waals surface area contributed by atoms with E-state index in [1.54, 1.807) is 0 Å². The van der Waals surface area contributed by atoms with E-state index in [2.05, 4.69) is 14.5 Å². The smallest absolute Gasteiger partial charge is 0.209 e. The molecule has 152 valence electrons. The Labute approximate surface area is 162 Å². The van der Waals surface area contributed by atoms with Crippen LogP contribution in [-0.4, -0.2) is 81.1 Å². The first-order valence-electron chi connectivity index (χ1n) is 9.71. The van der Waals surface area contributed by atoms with Crippen molar-refractivity contribution in [3.8, 4) is 5.75 Å². The zero-order valence-corrected chi connectivity index (χ0v) is 16.8. The molecule has 7 nitrogen and oxygen atoms in total. The second-order valence-electron chi connectivity index (χ2n) is 7.66. The van der Waals surface area contributed by atoms with Gasteiger partial charge in [0.1, 0.15) is 12.4 Å². The van der Waals surface area contributed by atoms with Crippen LogP contribution >= 0.6 is 0 Å². The van der Waals surface area contributed by atoms with E-state index in [1.165, 1.54) is 32.4 Å². The van der Waals surface area contributed by atoms with Gasteiger partial charge >= 0.3 is 0 Å². The lowest BCUT2D eigenvalue weighted by Gasteiger charge is -2.26. The molecule has 1 aromatic rings. The standard InChI is InChI=1S/C19H31N3O4S/c1-27(24,25)20-18-14-22(15-19(18)23)13-16-6-5-7-17(12-16)26-11-10-21-8-3-2-4-9-21/h5-7,12,18-20,23H,2-4,8-11,13-15H2,1H3/t18-,19-/m1/s1. The SMILES string of the molecule is CS(=O)(=O)N[C@@H]1CN(Cc2cccc(OCCN3CCCCC3)c2)C[C@H]1O. The molecule has 0 unspecified atom stereocenters. The van der Waals surface area contributed by atoms with E-state index in [0.717, 1.165) is 24.1 Å². The van der Waals surface area contributed by atoms with Crippen LogP contribution in [0.25, 0.3) is 0 Å². The molecular weight excluding hydrogens is 366 g/mol. The summed E-state index contributed by atoms with van der Waals surface area (Å²) in [7, 11) is -3.32. The molecule has 27 heavy (non-hydrogen) atoms. The van der Waals surface area contributed by atoms with Gasteiger partial charge in [-0.1, -0.05) is 18.6 Å². The molecule has 0 amide bonds. The number of ether oxygens (including phenoxy) is 1. The molecule has 0 spiro atoms. The largest absolute Gasteiger partial charge is 0.492 e. The Bertz CT molecular complexity index is 707. The van der Waals surface area contributed by atoms with Crippen LogP contribution in [0.1, 0.15) is 24.8 Å². The monoisotopic (exact) mass is 397 g/mol.